The predicted octanol–water partition coefficient (Wildman–Crippen LogP) is 2.30. The van der Waals surface area contributed by atoms with Gasteiger partial charge in [-0.05, 0) is 62.8 Å². The number of sulfonamides is 1. The van der Waals surface area contributed by atoms with Crippen molar-refractivity contribution in [3.8, 4) is 0 Å². The fourth-order valence-corrected chi connectivity index (χ4v) is 4.59. The maximum Gasteiger partial charge on any atom is 0.261 e. The smallest absolute Gasteiger partial charge is 0.261 e. The summed E-state index contributed by atoms with van der Waals surface area (Å²) >= 11 is 0. The Hall–Kier alpha value is -2.49. The summed E-state index contributed by atoms with van der Waals surface area (Å²) in [6.07, 6.45) is 0.818. The van der Waals surface area contributed by atoms with E-state index >= 15 is 0 Å². The second kappa shape index (κ2) is 10.2. The number of carbonyl (C=O) groups excluding carboxylic acids is 1. The van der Waals surface area contributed by atoms with Gasteiger partial charge in [0.05, 0.1) is 16.1 Å². The number of piperazine rings is 1. The molecule has 1 aliphatic heterocycles. The van der Waals surface area contributed by atoms with Crippen molar-refractivity contribution in [1.82, 2.24) is 15.1 Å². The minimum Gasteiger partial charge on any atom is -0.352 e. The maximum absolute atomic E-state index is 13.5. The molecule has 0 unspecified atom stereocenters. The number of likely N-dealkylation sites (N-methyl/N-ethyl adjacent to an activating group) is 1. The van der Waals surface area contributed by atoms with Crippen molar-refractivity contribution >= 4 is 21.6 Å². The van der Waals surface area contributed by atoms with Crippen molar-refractivity contribution in [2.45, 2.75) is 18.2 Å². The third kappa shape index (κ3) is 6.25. The molecule has 2 N–H and O–H groups in total. The van der Waals surface area contributed by atoms with Gasteiger partial charge >= 0.3 is 0 Å². The molecule has 0 radical (unpaired) electrons. The lowest BCUT2D eigenvalue weighted by Gasteiger charge is -2.32. The van der Waals surface area contributed by atoms with Crippen LogP contribution < -0.4 is 10.0 Å². The first-order chi connectivity index (χ1) is 14.8. The summed E-state index contributed by atoms with van der Waals surface area (Å²) in [4.78, 5) is 17.3. The summed E-state index contributed by atoms with van der Waals surface area (Å²) in [5, 5.41) is 2.87. The second-order valence-electron chi connectivity index (χ2n) is 7.82. The molecule has 0 atom stereocenters. The number of amides is 1. The number of para-hydroxylation sites is 1. The second-order valence-corrected chi connectivity index (χ2v) is 9.50. The molecule has 0 saturated carbocycles. The first-order valence-corrected chi connectivity index (χ1v) is 11.8. The SMILES string of the molecule is Cc1cc(S(=O)(=O)Nc2ccccc2C(=O)NCCCN2CCN(C)CC2)ccc1F. The largest absolute Gasteiger partial charge is 0.352 e. The van der Waals surface area contributed by atoms with E-state index in [2.05, 4.69) is 26.9 Å². The summed E-state index contributed by atoms with van der Waals surface area (Å²) in [5.74, 6) is -0.817. The summed E-state index contributed by atoms with van der Waals surface area (Å²) in [6.45, 7) is 7.06. The molecule has 168 valence electrons. The predicted molar refractivity (Wildman–Crippen MR) is 119 cm³/mol. The topological polar surface area (TPSA) is 81.7 Å². The number of nitrogens with zero attached hydrogens (tertiary/aromatic N) is 2. The highest BCUT2D eigenvalue weighted by atomic mass is 32.2. The molecule has 3 rings (SSSR count). The summed E-state index contributed by atoms with van der Waals surface area (Å²) in [7, 11) is -1.85. The molecular formula is C22H29FN4O3S. The molecule has 1 fully saturated rings. The molecule has 9 heteroatoms. The molecule has 2 aromatic rings. The van der Waals surface area contributed by atoms with Crippen LogP contribution in [0.3, 0.4) is 0 Å². The number of halogens is 1. The normalized spacial score (nSPS) is 15.6. The van der Waals surface area contributed by atoms with Gasteiger partial charge in [-0.15, -0.1) is 0 Å². The number of hydrogen-bond acceptors (Lipinski definition) is 5. The van der Waals surface area contributed by atoms with E-state index in [1.165, 1.54) is 25.1 Å². The van der Waals surface area contributed by atoms with Crippen molar-refractivity contribution < 1.29 is 17.6 Å². The van der Waals surface area contributed by atoms with Crippen LogP contribution in [-0.4, -0.2) is 70.4 Å². The van der Waals surface area contributed by atoms with Crippen LogP contribution in [0.2, 0.25) is 0 Å². The lowest BCUT2D eigenvalue weighted by atomic mass is 10.1. The van der Waals surface area contributed by atoms with Crippen LogP contribution in [0, 0.1) is 12.7 Å². The Balaban J connectivity index is 1.60. The summed E-state index contributed by atoms with van der Waals surface area (Å²) in [6, 6.07) is 10.0. The van der Waals surface area contributed by atoms with Gasteiger partial charge in [-0.25, -0.2) is 12.8 Å². The Morgan fingerprint density at radius 3 is 2.52 bits per heavy atom. The molecule has 0 spiro atoms. The monoisotopic (exact) mass is 448 g/mol. The van der Waals surface area contributed by atoms with Gasteiger partial charge in [0.25, 0.3) is 15.9 Å². The standard InChI is InChI=1S/C22H29FN4O3S/c1-17-16-18(8-9-20(17)23)31(29,30)25-21-7-4-3-6-19(21)22(28)24-10-5-11-27-14-12-26(2)13-15-27/h3-4,6-9,16,25H,5,10-15H2,1-2H3,(H,24,28). The average molecular weight is 449 g/mol. The van der Waals surface area contributed by atoms with Crippen molar-refractivity contribution in [1.29, 1.82) is 0 Å². The minimum atomic E-state index is -3.96. The maximum atomic E-state index is 13.5. The molecule has 31 heavy (non-hydrogen) atoms. The van der Waals surface area contributed by atoms with Crippen molar-refractivity contribution in [2.75, 3.05) is 51.0 Å². The number of rotatable bonds is 8. The average Bonchev–Trinajstić information content (AvgIpc) is 2.74. The molecule has 0 aromatic heterocycles. The Labute approximate surface area is 183 Å². The highest BCUT2D eigenvalue weighted by Crippen LogP contribution is 2.21. The Bertz CT molecular complexity index is 1020. The van der Waals surface area contributed by atoms with Gasteiger partial charge in [-0.1, -0.05) is 12.1 Å². The number of aryl methyl sites for hydroxylation is 1. The molecule has 1 amide bonds. The number of hydrogen-bond donors (Lipinski definition) is 2. The zero-order valence-corrected chi connectivity index (χ0v) is 18.7. The van der Waals surface area contributed by atoms with E-state index in [1.54, 1.807) is 18.2 Å². The van der Waals surface area contributed by atoms with Gasteiger partial charge in [0.15, 0.2) is 0 Å². The molecular weight excluding hydrogens is 419 g/mol. The van der Waals surface area contributed by atoms with Crippen molar-refractivity contribution in [3.63, 3.8) is 0 Å². The van der Waals surface area contributed by atoms with E-state index in [0.29, 0.717) is 6.54 Å². The molecule has 1 heterocycles. The van der Waals surface area contributed by atoms with Crippen molar-refractivity contribution in [2.24, 2.45) is 0 Å². The molecule has 1 aliphatic rings. The molecule has 1 saturated heterocycles. The van der Waals surface area contributed by atoms with E-state index in [9.17, 15) is 17.6 Å². The van der Waals surface area contributed by atoms with Crippen LogP contribution in [0.15, 0.2) is 47.4 Å². The van der Waals surface area contributed by atoms with Gasteiger partial charge in [0, 0.05) is 32.7 Å². The van der Waals surface area contributed by atoms with E-state index in [1.807, 2.05) is 0 Å². The van der Waals surface area contributed by atoms with Crippen LogP contribution >= 0.6 is 0 Å². The minimum absolute atomic E-state index is 0.0613. The summed E-state index contributed by atoms with van der Waals surface area (Å²) < 4.78 is 41.4. The Morgan fingerprint density at radius 1 is 1.10 bits per heavy atom. The van der Waals surface area contributed by atoms with Gasteiger partial charge in [0.2, 0.25) is 0 Å². The fourth-order valence-electron chi connectivity index (χ4n) is 3.43. The van der Waals surface area contributed by atoms with Crippen LogP contribution in [0.5, 0.6) is 0 Å². The highest BCUT2D eigenvalue weighted by Gasteiger charge is 2.19. The van der Waals surface area contributed by atoms with Crippen LogP contribution in [0.4, 0.5) is 10.1 Å². The first-order valence-electron chi connectivity index (χ1n) is 10.3. The lowest BCUT2D eigenvalue weighted by Crippen LogP contribution is -2.45. The quantitative estimate of drug-likeness (QED) is 0.606. The molecule has 2 aromatic carbocycles. The first kappa shape index (κ1) is 23.2. The van der Waals surface area contributed by atoms with Gasteiger partial charge in [0.1, 0.15) is 5.82 Å². The van der Waals surface area contributed by atoms with Crippen LogP contribution in [0.1, 0.15) is 22.3 Å². The third-order valence-electron chi connectivity index (χ3n) is 5.39. The third-order valence-corrected chi connectivity index (χ3v) is 6.75. The lowest BCUT2D eigenvalue weighted by molar-refractivity contribution is 0.0950. The van der Waals surface area contributed by atoms with Gasteiger partial charge in [-0.2, -0.15) is 0 Å². The fraction of sp³-hybridized carbons (Fsp3) is 0.409. The van der Waals surface area contributed by atoms with Crippen LogP contribution in [0.25, 0.3) is 0 Å². The number of anilines is 1. The number of benzene rings is 2. The Kier molecular flexibility index (Phi) is 7.64. The highest BCUT2D eigenvalue weighted by molar-refractivity contribution is 7.92. The number of carbonyl (C=O) groups is 1. The number of nitrogens with one attached hydrogen (secondary N) is 2. The summed E-state index contributed by atoms with van der Waals surface area (Å²) in [5.41, 5.74) is 0.653. The zero-order valence-electron chi connectivity index (χ0n) is 17.9. The van der Waals surface area contributed by atoms with E-state index in [4.69, 9.17) is 0 Å². The molecule has 0 aliphatic carbocycles. The molecule has 0 bridgehead atoms. The van der Waals surface area contributed by atoms with Crippen LogP contribution in [-0.2, 0) is 10.0 Å². The van der Waals surface area contributed by atoms with Crippen molar-refractivity contribution in [3.05, 3.63) is 59.4 Å². The zero-order chi connectivity index (χ0) is 22.4. The molecule has 7 nitrogen and oxygen atoms in total. The van der Waals surface area contributed by atoms with E-state index < -0.39 is 15.8 Å². The van der Waals surface area contributed by atoms with E-state index in [0.717, 1.165) is 45.2 Å². The van der Waals surface area contributed by atoms with E-state index in [-0.39, 0.29) is 27.6 Å². The van der Waals surface area contributed by atoms with Gasteiger partial charge < -0.3 is 15.1 Å². The Morgan fingerprint density at radius 2 is 1.81 bits per heavy atom. The van der Waals surface area contributed by atoms with Gasteiger partial charge in [-0.3, -0.25) is 9.52 Å².